The Morgan fingerprint density at radius 1 is 1.29 bits per heavy atom. The van der Waals surface area contributed by atoms with Crippen LogP contribution in [0.2, 0.25) is 0 Å². The van der Waals surface area contributed by atoms with Crippen molar-refractivity contribution in [1.82, 2.24) is 4.98 Å². The number of hydrogen-bond acceptors (Lipinski definition) is 4. The molecular formula is C17H20N2O2. The molecule has 1 aromatic heterocycles. The number of methoxy groups -OCH3 is 1. The third-order valence-corrected chi connectivity index (χ3v) is 3.60. The molecule has 2 N–H and O–H groups in total. The molecule has 1 atom stereocenters. The maximum absolute atomic E-state index is 12.3. The molecule has 0 radical (unpaired) electrons. The van der Waals surface area contributed by atoms with Crippen molar-refractivity contribution in [2.75, 3.05) is 7.11 Å². The highest BCUT2D eigenvalue weighted by Gasteiger charge is 2.19. The van der Waals surface area contributed by atoms with Gasteiger partial charge in [0, 0.05) is 17.3 Å². The fraction of sp³-hybridized carbons (Fsp3) is 0.294. The minimum absolute atomic E-state index is 0.0530. The molecule has 4 heteroatoms. The predicted octanol–water partition coefficient (Wildman–Crippen LogP) is 2.52. The number of aryl methyl sites for hydroxylation is 1. The Bertz CT molecular complexity index is 639. The summed E-state index contributed by atoms with van der Waals surface area (Å²) in [5, 5.41) is 0. The SMILES string of the molecule is COc1c(C)cnc(CC(=O)C(N)c2ccccc2)c1C. The Morgan fingerprint density at radius 2 is 1.95 bits per heavy atom. The van der Waals surface area contributed by atoms with Crippen molar-refractivity contribution in [1.29, 1.82) is 0 Å². The molecular weight excluding hydrogens is 264 g/mol. The molecule has 1 unspecified atom stereocenters. The van der Waals surface area contributed by atoms with Gasteiger partial charge in [0.2, 0.25) is 0 Å². The van der Waals surface area contributed by atoms with Gasteiger partial charge in [-0.05, 0) is 19.4 Å². The van der Waals surface area contributed by atoms with Gasteiger partial charge in [-0.25, -0.2) is 0 Å². The summed E-state index contributed by atoms with van der Waals surface area (Å²) in [5.41, 5.74) is 9.42. The normalized spacial score (nSPS) is 12.0. The predicted molar refractivity (Wildman–Crippen MR) is 82.3 cm³/mol. The smallest absolute Gasteiger partial charge is 0.159 e. The Balaban J connectivity index is 2.21. The number of pyridine rings is 1. The van der Waals surface area contributed by atoms with E-state index < -0.39 is 6.04 Å². The van der Waals surface area contributed by atoms with Crippen LogP contribution in [0.5, 0.6) is 5.75 Å². The van der Waals surface area contributed by atoms with Crippen molar-refractivity contribution >= 4 is 5.78 Å². The first-order chi connectivity index (χ1) is 10.0. The molecule has 0 aliphatic heterocycles. The van der Waals surface area contributed by atoms with Gasteiger partial charge in [0.15, 0.2) is 5.78 Å². The lowest BCUT2D eigenvalue weighted by atomic mass is 9.98. The number of rotatable bonds is 5. The van der Waals surface area contributed by atoms with E-state index in [1.807, 2.05) is 44.2 Å². The van der Waals surface area contributed by atoms with E-state index in [1.165, 1.54) is 0 Å². The van der Waals surface area contributed by atoms with Gasteiger partial charge in [0.1, 0.15) is 5.75 Å². The molecule has 0 spiro atoms. The number of aromatic nitrogens is 1. The molecule has 0 aliphatic carbocycles. The topological polar surface area (TPSA) is 65.2 Å². The highest BCUT2D eigenvalue weighted by Crippen LogP contribution is 2.25. The van der Waals surface area contributed by atoms with Crippen LogP contribution in [-0.2, 0) is 11.2 Å². The molecule has 110 valence electrons. The second-order valence-electron chi connectivity index (χ2n) is 5.08. The standard InChI is InChI=1S/C17H20N2O2/c1-11-10-19-14(12(2)17(11)21-3)9-15(20)16(18)13-7-5-4-6-8-13/h4-8,10,16H,9,18H2,1-3H3. The summed E-state index contributed by atoms with van der Waals surface area (Å²) in [6, 6.07) is 8.75. The van der Waals surface area contributed by atoms with Crippen molar-refractivity contribution in [3.8, 4) is 5.75 Å². The van der Waals surface area contributed by atoms with E-state index in [0.29, 0.717) is 5.69 Å². The zero-order chi connectivity index (χ0) is 15.4. The minimum atomic E-state index is -0.625. The Morgan fingerprint density at radius 3 is 2.57 bits per heavy atom. The number of carbonyl (C=O) groups excluding carboxylic acids is 1. The van der Waals surface area contributed by atoms with Crippen LogP contribution >= 0.6 is 0 Å². The van der Waals surface area contributed by atoms with Crippen LogP contribution in [0, 0.1) is 13.8 Å². The molecule has 4 nitrogen and oxygen atoms in total. The van der Waals surface area contributed by atoms with Gasteiger partial charge in [0.25, 0.3) is 0 Å². The molecule has 2 aromatic rings. The Labute approximate surface area is 125 Å². The third-order valence-electron chi connectivity index (χ3n) is 3.60. The number of ether oxygens (including phenoxy) is 1. The fourth-order valence-corrected chi connectivity index (χ4v) is 2.37. The monoisotopic (exact) mass is 284 g/mol. The molecule has 2 rings (SSSR count). The van der Waals surface area contributed by atoms with Gasteiger partial charge < -0.3 is 10.5 Å². The van der Waals surface area contributed by atoms with Crippen LogP contribution in [0.1, 0.15) is 28.4 Å². The average molecular weight is 284 g/mol. The highest BCUT2D eigenvalue weighted by atomic mass is 16.5. The first kappa shape index (κ1) is 15.2. The van der Waals surface area contributed by atoms with Gasteiger partial charge in [-0.1, -0.05) is 30.3 Å². The number of nitrogens with two attached hydrogens (primary N) is 1. The number of hydrogen-bond donors (Lipinski definition) is 1. The summed E-state index contributed by atoms with van der Waals surface area (Å²) in [6.45, 7) is 3.84. The first-order valence-electron chi connectivity index (χ1n) is 6.87. The molecule has 1 aromatic carbocycles. The maximum Gasteiger partial charge on any atom is 0.159 e. The summed E-state index contributed by atoms with van der Waals surface area (Å²) in [4.78, 5) is 16.7. The van der Waals surface area contributed by atoms with Crippen molar-refractivity contribution in [2.24, 2.45) is 5.73 Å². The van der Waals surface area contributed by atoms with Crippen LogP contribution in [-0.4, -0.2) is 17.9 Å². The lowest BCUT2D eigenvalue weighted by Crippen LogP contribution is -2.23. The lowest BCUT2D eigenvalue weighted by Gasteiger charge is -2.14. The maximum atomic E-state index is 12.3. The number of Topliss-reactive ketones (excluding diaryl/α,β-unsaturated/α-hetero) is 1. The lowest BCUT2D eigenvalue weighted by molar-refractivity contribution is -0.119. The van der Waals surface area contributed by atoms with Gasteiger partial charge in [-0.15, -0.1) is 0 Å². The van der Waals surface area contributed by atoms with Gasteiger partial charge >= 0.3 is 0 Å². The minimum Gasteiger partial charge on any atom is -0.496 e. The first-order valence-corrected chi connectivity index (χ1v) is 6.87. The van der Waals surface area contributed by atoms with Crippen molar-refractivity contribution < 1.29 is 9.53 Å². The van der Waals surface area contributed by atoms with Crippen LogP contribution in [0.4, 0.5) is 0 Å². The van der Waals surface area contributed by atoms with Crippen LogP contribution in [0.15, 0.2) is 36.5 Å². The quantitative estimate of drug-likeness (QED) is 0.916. The van der Waals surface area contributed by atoms with Crippen molar-refractivity contribution in [3.63, 3.8) is 0 Å². The number of benzene rings is 1. The molecule has 0 saturated heterocycles. The number of nitrogens with zero attached hydrogens (tertiary/aromatic N) is 1. The Kier molecular flexibility index (Phi) is 4.70. The molecule has 0 aliphatic rings. The second kappa shape index (κ2) is 6.50. The van der Waals surface area contributed by atoms with Crippen molar-refractivity contribution in [2.45, 2.75) is 26.3 Å². The molecule has 21 heavy (non-hydrogen) atoms. The van der Waals surface area contributed by atoms with Crippen LogP contribution in [0.25, 0.3) is 0 Å². The Hall–Kier alpha value is -2.20. The van der Waals surface area contributed by atoms with E-state index in [2.05, 4.69) is 4.98 Å². The van der Waals surface area contributed by atoms with E-state index in [9.17, 15) is 4.79 Å². The molecule has 1 heterocycles. The van der Waals surface area contributed by atoms with Gasteiger partial charge in [-0.3, -0.25) is 9.78 Å². The fourth-order valence-electron chi connectivity index (χ4n) is 2.37. The summed E-state index contributed by atoms with van der Waals surface area (Å²) >= 11 is 0. The molecule has 0 bridgehead atoms. The number of carbonyl (C=O) groups is 1. The van der Waals surface area contributed by atoms with Crippen LogP contribution < -0.4 is 10.5 Å². The summed E-state index contributed by atoms with van der Waals surface area (Å²) in [6.07, 6.45) is 1.93. The van der Waals surface area contributed by atoms with E-state index in [4.69, 9.17) is 10.5 Å². The summed E-state index contributed by atoms with van der Waals surface area (Å²) in [7, 11) is 1.62. The third kappa shape index (κ3) is 3.28. The average Bonchev–Trinajstić information content (AvgIpc) is 2.50. The van der Waals surface area contributed by atoms with Gasteiger partial charge in [0.05, 0.1) is 25.3 Å². The van der Waals surface area contributed by atoms with Crippen molar-refractivity contribution in [3.05, 3.63) is 58.9 Å². The number of ketones is 1. The summed E-state index contributed by atoms with van der Waals surface area (Å²) in [5.74, 6) is 0.726. The molecule has 0 saturated carbocycles. The summed E-state index contributed by atoms with van der Waals surface area (Å²) < 4.78 is 5.36. The van der Waals surface area contributed by atoms with E-state index >= 15 is 0 Å². The van der Waals surface area contributed by atoms with Gasteiger partial charge in [-0.2, -0.15) is 0 Å². The van der Waals surface area contributed by atoms with E-state index in [1.54, 1.807) is 13.3 Å². The van der Waals surface area contributed by atoms with E-state index in [0.717, 1.165) is 22.4 Å². The zero-order valence-corrected chi connectivity index (χ0v) is 12.6. The second-order valence-corrected chi connectivity index (χ2v) is 5.08. The molecule has 0 fully saturated rings. The highest BCUT2D eigenvalue weighted by molar-refractivity contribution is 5.87. The largest absolute Gasteiger partial charge is 0.496 e. The van der Waals surface area contributed by atoms with E-state index in [-0.39, 0.29) is 12.2 Å². The zero-order valence-electron chi connectivity index (χ0n) is 12.6. The molecule has 0 amide bonds. The van der Waals surface area contributed by atoms with Crippen LogP contribution in [0.3, 0.4) is 0 Å².